The van der Waals surface area contributed by atoms with Gasteiger partial charge in [0, 0.05) is 19.8 Å². The number of imide groups is 1. The first-order valence-corrected chi connectivity index (χ1v) is 7.18. The molecule has 0 bridgehead atoms. The minimum Gasteiger partial charge on any atom is -0.388 e. The predicted molar refractivity (Wildman–Crippen MR) is 87.8 cm³/mol. The SMILES string of the molecule is CNc1ccc(N=Nc2ccc3c(c2)C(=O)N(C)C3=O)c(C)c1. The lowest BCUT2D eigenvalue weighted by atomic mass is 10.1. The highest BCUT2D eigenvalue weighted by Crippen LogP contribution is 2.28. The highest BCUT2D eigenvalue weighted by molar-refractivity contribution is 6.21. The Labute approximate surface area is 133 Å². The first kappa shape index (κ1) is 14.9. The van der Waals surface area contributed by atoms with Crippen LogP contribution in [-0.2, 0) is 0 Å². The second-order valence-electron chi connectivity index (χ2n) is 5.35. The van der Waals surface area contributed by atoms with Gasteiger partial charge >= 0.3 is 0 Å². The summed E-state index contributed by atoms with van der Waals surface area (Å²) in [5.74, 6) is -0.594. The van der Waals surface area contributed by atoms with Crippen LogP contribution in [0, 0.1) is 6.92 Å². The number of azo groups is 1. The summed E-state index contributed by atoms with van der Waals surface area (Å²) in [4.78, 5) is 24.9. The van der Waals surface area contributed by atoms with E-state index in [4.69, 9.17) is 0 Å². The van der Waals surface area contributed by atoms with Crippen LogP contribution in [0.3, 0.4) is 0 Å². The van der Waals surface area contributed by atoms with Gasteiger partial charge in [-0.3, -0.25) is 14.5 Å². The number of aryl methyl sites for hydroxylation is 1. The molecule has 6 heteroatoms. The van der Waals surface area contributed by atoms with Gasteiger partial charge in [0.05, 0.1) is 22.5 Å². The molecule has 0 saturated carbocycles. The van der Waals surface area contributed by atoms with Crippen LogP contribution in [0.25, 0.3) is 0 Å². The molecule has 0 fully saturated rings. The lowest BCUT2D eigenvalue weighted by Crippen LogP contribution is -2.24. The molecule has 1 aliphatic heterocycles. The van der Waals surface area contributed by atoms with E-state index < -0.39 is 0 Å². The van der Waals surface area contributed by atoms with Crippen molar-refractivity contribution in [2.45, 2.75) is 6.92 Å². The lowest BCUT2D eigenvalue weighted by molar-refractivity contribution is 0.0693. The van der Waals surface area contributed by atoms with E-state index in [1.54, 1.807) is 18.2 Å². The molecule has 2 aromatic rings. The van der Waals surface area contributed by atoms with Crippen LogP contribution in [0.2, 0.25) is 0 Å². The Balaban J connectivity index is 1.90. The van der Waals surface area contributed by atoms with E-state index in [0.29, 0.717) is 16.8 Å². The number of anilines is 1. The molecule has 116 valence electrons. The van der Waals surface area contributed by atoms with E-state index in [1.165, 1.54) is 7.05 Å². The van der Waals surface area contributed by atoms with Gasteiger partial charge in [0.25, 0.3) is 11.8 Å². The van der Waals surface area contributed by atoms with Crippen molar-refractivity contribution in [3.05, 3.63) is 53.1 Å². The Morgan fingerprint density at radius 3 is 2.39 bits per heavy atom. The Bertz CT molecular complexity index is 842. The number of carbonyl (C=O) groups is 2. The third kappa shape index (κ3) is 2.59. The van der Waals surface area contributed by atoms with Crippen LogP contribution in [0.15, 0.2) is 46.6 Å². The molecule has 0 spiro atoms. The van der Waals surface area contributed by atoms with Crippen molar-refractivity contribution in [2.75, 3.05) is 19.4 Å². The number of rotatable bonds is 3. The fraction of sp³-hybridized carbons (Fsp3) is 0.176. The summed E-state index contributed by atoms with van der Waals surface area (Å²) in [6.45, 7) is 1.95. The summed E-state index contributed by atoms with van der Waals surface area (Å²) in [5.41, 5.74) is 4.07. The molecule has 1 aliphatic rings. The lowest BCUT2D eigenvalue weighted by Gasteiger charge is -2.03. The highest BCUT2D eigenvalue weighted by atomic mass is 16.2. The van der Waals surface area contributed by atoms with Crippen LogP contribution in [0.5, 0.6) is 0 Å². The number of hydrogen-bond acceptors (Lipinski definition) is 5. The number of amides is 2. The van der Waals surface area contributed by atoms with Crippen LogP contribution < -0.4 is 5.32 Å². The molecule has 0 aliphatic carbocycles. The molecular weight excluding hydrogens is 292 g/mol. The number of nitrogens with zero attached hydrogens (tertiary/aromatic N) is 3. The van der Waals surface area contributed by atoms with Crippen molar-refractivity contribution >= 4 is 28.9 Å². The third-order valence-electron chi connectivity index (χ3n) is 3.83. The van der Waals surface area contributed by atoms with Gasteiger partial charge in [-0.05, 0) is 48.9 Å². The zero-order valence-corrected chi connectivity index (χ0v) is 13.1. The number of fused-ring (bicyclic) bond motifs is 1. The smallest absolute Gasteiger partial charge is 0.261 e. The Kier molecular flexibility index (Phi) is 3.65. The topological polar surface area (TPSA) is 74.1 Å². The normalized spacial score (nSPS) is 13.8. The summed E-state index contributed by atoms with van der Waals surface area (Å²) >= 11 is 0. The Hall–Kier alpha value is -3.02. The Morgan fingerprint density at radius 2 is 1.70 bits per heavy atom. The molecule has 2 amide bonds. The van der Waals surface area contributed by atoms with Gasteiger partial charge in [-0.2, -0.15) is 10.2 Å². The number of hydrogen-bond donors (Lipinski definition) is 1. The first-order chi connectivity index (χ1) is 11.0. The van der Waals surface area contributed by atoms with Crippen LogP contribution in [-0.4, -0.2) is 30.8 Å². The van der Waals surface area contributed by atoms with Crippen molar-refractivity contribution in [1.82, 2.24) is 4.90 Å². The van der Waals surface area contributed by atoms with E-state index in [0.717, 1.165) is 21.8 Å². The zero-order valence-electron chi connectivity index (χ0n) is 13.1. The average molecular weight is 308 g/mol. The first-order valence-electron chi connectivity index (χ1n) is 7.18. The standard InChI is InChI=1S/C17H16N4O2/c1-10-8-11(18-2)5-7-15(10)20-19-12-4-6-13-14(9-12)17(23)21(3)16(13)22/h4-9,18H,1-3H3. The second kappa shape index (κ2) is 5.64. The quantitative estimate of drug-likeness (QED) is 0.694. The molecule has 23 heavy (non-hydrogen) atoms. The van der Waals surface area contributed by atoms with Gasteiger partial charge in [-0.15, -0.1) is 0 Å². The van der Waals surface area contributed by atoms with Crippen LogP contribution in [0.1, 0.15) is 26.3 Å². The maximum Gasteiger partial charge on any atom is 0.261 e. The summed E-state index contributed by atoms with van der Waals surface area (Å²) in [7, 11) is 3.33. The number of carbonyl (C=O) groups excluding carboxylic acids is 2. The summed E-state index contributed by atoms with van der Waals surface area (Å²) in [5, 5.41) is 11.5. The largest absolute Gasteiger partial charge is 0.388 e. The Morgan fingerprint density at radius 1 is 0.957 bits per heavy atom. The van der Waals surface area contributed by atoms with Gasteiger partial charge in [-0.1, -0.05) is 0 Å². The molecular formula is C17H16N4O2. The van der Waals surface area contributed by atoms with Crippen molar-refractivity contribution in [1.29, 1.82) is 0 Å². The van der Waals surface area contributed by atoms with Crippen LogP contribution in [0.4, 0.5) is 17.1 Å². The van der Waals surface area contributed by atoms with E-state index in [9.17, 15) is 9.59 Å². The third-order valence-corrected chi connectivity index (χ3v) is 3.83. The summed E-state index contributed by atoms with van der Waals surface area (Å²) in [6, 6.07) is 10.7. The molecule has 0 atom stereocenters. The van der Waals surface area contributed by atoms with Gasteiger partial charge in [0.2, 0.25) is 0 Å². The van der Waals surface area contributed by atoms with E-state index in [1.807, 2.05) is 32.2 Å². The molecule has 0 unspecified atom stereocenters. The van der Waals surface area contributed by atoms with Crippen LogP contribution >= 0.6 is 0 Å². The van der Waals surface area contributed by atoms with Crippen molar-refractivity contribution in [3.63, 3.8) is 0 Å². The molecule has 0 radical (unpaired) electrons. The van der Waals surface area contributed by atoms with E-state index in [-0.39, 0.29) is 11.8 Å². The molecule has 1 heterocycles. The second-order valence-corrected chi connectivity index (χ2v) is 5.35. The minimum atomic E-state index is -0.309. The van der Waals surface area contributed by atoms with E-state index >= 15 is 0 Å². The number of nitrogens with one attached hydrogen (secondary N) is 1. The molecule has 0 saturated heterocycles. The monoisotopic (exact) mass is 308 g/mol. The maximum atomic E-state index is 12.0. The molecule has 2 aromatic carbocycles. The average Bonchev–Trinajstić information content (AvgIpc) is 2.78. The van der Waals surface area contributed by atoms with Gasteiger partial charge in [0.15, 0.2) is 0 Å². The molecule has 3 rings (SSSR count). The fourth-order valence-electron chi connectivity index (χ4n) is 2.45. The highest BCUT2D eigenvalue weighted by Gasteiger charge is 2.32. The van der Waals surface area contributed by atoms with Gasteiger partial charge < -0.3 is 5.32 Å². The summed E-state index contributed by atoms with van der Waals surface area (Å²) < 4.78 is 0. The van der Waals surface area contributed by atoms with Crippen molar-refractivity contribution in [2.24, 2.45) is 10.2 Å². The molecule has 0 aromatic heterocycles. The molecule has 1 N–H and O–H groups in total. The van der Waals surface area contributed by atoms with Gasteiger partial charge in [0.1, 0.15) is 0 Å². The molecule has 6 nitrogen and oxygen atoms in total. The fourth-order valence-corrected chi connectivity index (χ4v) is 2.45. The minimum absolute atomic E-state index is 0.285. The maximum absolute atomic E-state index is 12.0. The number of benzene rings is 2. The zero-order chi connectivity index (χ0) is 16.6. The summed E-state index contributed by atoms with van der Waals surface area (Å²) in [6.07, 6.45) is 0. The van der Waals surface area contributed by atoms with E-state index in [2.05, 4.69) is 15.5 Å². The van der Waals surface area contributed by atoms with Crippen molar-refractivity contribution in [3.8, 4) is 0 Å². The van der Waals surface area contributed by atoms with Gasteiger partial charge in [-0.25, -0.2) is 0 Å². The van der Waals surface area contributed by atoms with Crippen molar-refractivity contribution < 1.29 is 9.59 Å². The predicted octanol–water partition coefficient (Wildman–Crippen LogP) is 3.68.